The number of hydrogen-bond donors (Lipinski definition) is 2. The van der Waals surface area contributed by atoms with Gasteiger partial charge in [0.25, 0.3) is 0 Å². The van der Waals surface area contributed by atoms with Crippen molar-refractivity contribution in [2.75, 3.05) is 11.9 Å². The average Bonchev–Trinajstić information content (AvgIpc) is 2.48. The van der Waals surface area contributed by atoms with E-state index in [9.17, 15) is 4.79 Å². The standard InChI is InChI=1S/C16H13BrN2O2/c17-10-5-6-14-12(9-10)16(7-8-21-14)11-3-1-2-4-13(11)18-15(20)19-16/h1-6,9H,7-8H2,(H2,18,19,20). The molecule has 21 heavy (non-hydrogen) atoms. The summed E-state index contributed by atoms with van der Waals surface area (Å²) in [6.45, 7) is 0.573. The number of hydrogen-bond acceptors (Lipinski definition) is 2. The maximum absolute atomic E-state index is 12.1. The van der Waals surface area contributed by atoms with Gasteiger partial charge in [-0.2, -0.15) is 0 Å². The van der Waals surface area contributed by atoms with Gasteiger partial charge < -0.3 is 15.4 Å². The van der Waals surface area contributed by atoms with Crippen LogP contribution < -0.4 is 15.4 Å². The van der Waals surface area contributed by atoms with E-state index < -0.39 is 5.54 Å². The van der Waals surface area contributed by atoms with Crippen LogP contribution in [-0.4, -0.2) is 12.6 Å². The van der Waals surface area contributed by atoms with Crippen LogP contribution in [0, 0.1) is 0 Å². The molecule has 0 saturated heterocycles. The number of fused-ring (bicyclic) bond motifs is 4. The van der Waals surface area contributed by atoms with Gasteiger partial charge in [0.1, 0.15) is 11.3 Å². The number of rotatable bonds is 0. The molecular weight excluding hydrogens is 332 g/mol. The number of benzene rings is 2. The zero-order chi connectivity index (χ0) is 14.4. The van der Waals surface area contributed by atoms with Crippen LogP contribution in [0.3, 0.4) is 0 Å². The van der Waals surface area contributed by atoms with Crippen molar-refractivity contribution >= 4 is 27.6 Å². The summed E-state index contributed by atoms with van der Waals surface area (Å²) in [5.74, 6) is 0.821. The van der Waals surface area contributed by atoms with Crippen molar-refractivity contribution < 1.29 is 9.53 Å². The summed E-state index contributed by atoms with van der Waals surface area (Å²) in [4.78, 5) is 12.1. The molecule has 0 fully saturated rings. The molecule has 0 radical (unpaired) electrons. The fourth-order valence-electron chi connectivity index (χ4n) is 3.20. The molecule has 5 heteroatoms. The van der Waals surface area contributed by atoms with Crippen LogP contribution in [0.15, 0.2) is 46.9 Å². The van der Waals surface area contributed by atoms with Crippen LogP contribution in [0.4, 0.5) is 10.5 Å². The quantitative estimate of drug-likeness (QED) is 0.766. The zero-order valence-corrected chi connectivity index (χ0v) is 12.7. The lowest BCUT2D eigenvalue weighted by Gasteiger charge is -2.43. The number of urea groups is 1. The van der Waals surface area contributed by atoms with Gasteiger partial charge in [-0.1, -0.05) is 34.1 Å². The highest BCUT2D eigenvalue weighted by Crippen LogP contribution is 2.46. The van der Waals surface area contributed by atoms with Gasteiger partial charge in [0.15, 0.2) is 0 Å². The van der Waals surface area contributed by atoms with Crippen molar-refractivity contribution in [1.82, 2.24) is 5.32 Å². The molecule has 2 amide bonds. The molecule has 106 valence electrons. The molecule has 1 spiro atoms. The molecule has 1 unspecified atom stereocenters. The first kappa shape index (κ1) is 12.7. The van der Waals surface area contributed by atoms with Crippen molar-refractivity contribution in [3.05, 3.63) is 58.1 Å². The lowest BCUT2D eigenvalue weighted by atomic mass is 9.77. The topological polar surface area (TPSA) is 50.4 Å². The van der Waals surface area contributed by atoms with Gasteiger partial charge >= 0.3 is 6.03 Å². The molecule has 2 aromatic carbocycles. The lowest BCUT2D eigenvalue weighted by molar-refractivity contribution is 0.202. The highest BCUT2D eigenvalue weighted by molar-refractivity contribution is 9.10. The maximum Gasteiger partial charge on any atom is 0.320 e. The molecule has 2 aromatic rings. The third-order valence-corrected chi connectivity index (χ3v) is 4.59. The van der Waals surface area contributed by atoms with E-state index in [4.69, 9.17) is 4.74 Å². The highest BCUT2D eigenvalue weighted by Gasteiger charge is 2.44. The molecule has 1 atom stereocenters. The van der Waals surface area contributed by atoms with Crippen molar-refractivity contribution in [1.29, 1.82) is 0 Å². The van der Waals surface area contributed by atoms with Crippen molar-refractivity contribution in [2.24, 2.45) is 0 Å². The third-order valence-electron chi connectivity index (χ3n) is 4.10. The highest BCUT2D eigenvalue weighted by atomic mass is 79.9. The second-order valence-corrected chi connectivity index (χ2v) is 6.18. The van der Waals surface area contributed by atoms with Crippen LogP contribution in [-0.2, 0) is 5.54 Å². The Hall–Kier alpha value is -2.01. The molecule has 0 bridgehead atoms. The van der Waals surface area contributed by atoms with Crippen molar-refractivity contribution in [3.8, 4) is 5.75 Å². The Labute approximate surface area is 130 Å². The first-order valence-electron chi connectivity index (χ1n) is 6.80. The first-order chi connectivity index (χ1) is 10.2. The molecule has 2 N–H and O–H groups in total. The summed E-state index contributed by atoms with van der Waals surface area (Å²) in [7, 11) is 0. The van der Waals surface area contributed by atoms with Crippen LogP contribution in [0.5, 0.6) is 5.75 Å². The van der Waals surface area contributed by atoms with Crippen LogP contribution in [0.1, 0.15) is 17.5 Å². The smallest absolute Gasteiger partial charge is 0.320 e. The lowest BCUT2D eigenvalue weighted by Crippen LogP contribution is -2.54. The van der Waals surface area contributed by atoms with Gasteiger partial charge in [0.05, 0.1) is 6.61 Å². The molecular formula is C16H13BrN2O2. The van der Waals surface area contributed by atoms with E-state index in [2.05, 4.69) is 32.6 Å². The number of nitrogens with one attached hydrogen (secondary N) is 2. The third kappa shape index (κ3) is 1.84. The Balaban J connectivity index is 2.01. The Bertz CT molecular complexity index is 747. The average molecular weight is 345 g/mol. The number of carbonyl (C=O) groups is 1. The van der Waals surface area contributed by atoms with Gasteiger partial charge in [-0.05, 0) is 24.3 Å². The second-order valence-electron chi connectivity index (χ2n) is 5.27. The molecule has 4 rings (SSSR count). The predicted molar refractivity (Wildman–Crippen MR) is 83.6 cm³/mol. The Morgan fingerprint density at radius 3 is 2.90 bits per heavy atom. The normalized spacial score (nSPS) is 22.6. The van der Waals surface area contributed by atoms with Gasteiger partial charge in [-0.3, -0.25) is 0 Å². The zero-order valence-electron chi connectivity index (χ0n) is 11.2. The van der Waals surface area contributed by atoms with Crippen LogP contribution in [0.2, 0.25) is 0 Å². The SMILES string of the molecule is O=C1Nc2ccccc2C2(CCOc3ccc(Br)cc32)N1. The summed E-state index contributed by atoms with van der Waals surface area (Å²) in [5.41, 5.74) is 2.39. The van der Waals surface area contributed by atoms with E-state index in [1.165, 1.54) is 0 Å². The van der Waals surface area contributed by atoms with Crippen molar-refractivity contribution in [2.45, 2.75) is 12.0 Å². The van der Waals surface area contributed by atoms with Gasteiger partial charge in [0, 0.05) is 27.7 Å². The molecule has 0 aromatic heterocycles. The number of anilines is 1. The molecule has 2 aliphatic rings. The number of halogens is 1. The van der Waals surface area contributed by atoms with E-state index >= 15 is 0 Å². The molecule has 0 aliphatic carbocycles. The van der Waals surface area contributed by atoms with E-state index in [0.717, 1.165) is 27.0 Å². The van der Waals surface area contributed by atoms with E-state index in [-0.39, 0.29) is 6.03 Å². The predicted octanol–water partition coefficient (Wildman–Crippen LogP) is 3.61. The molecule has 2 heterocycles. The van der Waals surface area contributed by atoms with Gasteiger partial charge in [-0.25, -0.2) is 4.79 Å². The van der Waals surface area contributed by atoms with Gasteiger partial charge in [0.2, 0.25) is 0 Å². The summed E-state index contributed by atoms with van der Waals surface area (Å²) < 4.78 is 6.73. The van der Waals surface area contributed by atoms with Crippen molar-refractivity contribution in [3.63, 3.8) is 0 Å². The first-order valence-corrected chi connectivity index (χ1v) is 7.60. The molecule has 4 nitrogen and oxygen atoms in total. The molecule has 0 saturated carbocycles. The summed E-state index contributed by atoms with van der Waals surface area (Å²) in [6, 6.07) is 13.6. The van der Waals surface area contributed by atoms with E-state index in [1.807, 2.05) is 36.4 Å². The monoisotopic (exact) mass is 344 g/mol. The largest absolute Gasteiger partial charge is 0.493 e. The van der Waals surface area contributed by atoms with E-state index in [0.29, 0.717) is 13.0 Å². The number of ether oxygens (including phenoxy) is 1. The maximum atomic E-state index is 12.1. The van der Waals surface area contributed by atoms with Gasteiger partial charge in [-0.15, -0.1) is 0 Å². The van der Waals surface area contributed by atoms with E-state index in [1.54, 1.807) is 0 Å². The Kier molecular flexibility index (Phi) is 2.72. The fourth-order valence-corrected chi connectivity index (χ4v) is 3.56. The van der Waals surface area contributed by atoms with Crippen LogP contribution >= 0.6 is 15.9 Å². The summed E-state index contributed by atoms with van der Waals surface area (Å²) in [6.07, 6.45) is 0.709. The van der Waals surface area contributed by atoms with Crippen LogP contribution in [0.25, 0.3) is 0 Å². The Morgan fingerprint density at radius 1 is 1.14 bits per heavy atom. The molecule has 2 aliphatic heterocycles. The Morgan fingerprint density at radius 2 is 2.00 bits per heavy atom. The minimum atomic E-state index is -0.531. The number of carbonyl (C=O) groups excluding carboxylic acids is 1. The fraction of sp³-hybridized carbons (Fsp3) is 0.188. The minimum Gasteiger partial charge on any atom is -0.493 e. The number of para-hydroxylation sites is 1. The summed E-state index contributed by atoms with van der Waals surface area (Å²) >= 11 is 3.51. The second kappa shape index (κ2) is 4.49. The summed E-state index contributed by atoms with van der Waals surface area (Å²) in [5, 5.41) is 5.99. The minimum absolute atomic E-state index is 0.179. The number of amides is 2.